The van der Waals surface area contributed by atoms with Gasteiger partial charge in [-0.05, 0) is 31.2 Å². The van der Waals surface area contributed by atoms with Crippen molar-refractivity contribution in [2.24, 2.45) is 5.41 Å². The third kappa shape index (κ3) is 4.06. The zero-order valence-electron chi connectivity index (χ0n) is 10.8. The number of nitrogens with one attached hydrogen (secondary N) is 1. The highest BCUT2D eigenvalue weighted by molar-refractivity contribution is 7.90. The van der Waals surface area contributed by atoms with Crippen molar-refractivity contribution in [1.29, 1.82) is 0 Å². The molecule has 1 saturated carbocycles. The molecular formula is C12H25NO2S. The van der Waals surface area contributed by atoms with Crippen molar-refractivity contribution in [3.05, 3.63) is 0 Å². The summed E-state index contributed by atoms with van der Waals surface area (Å²) in [5.41, 5.74) is 0.306. The van der Waals surface area contributed by atoms with E-state index in [1.54, 1.807) is 0 Å². The number of hydrogen-bond donors (Lipinski definition) is 1. The van der Waals surface area contributed by atoms with E-state index in [1.807, 2.05) is 0 Å². The molecule has 1 N–H and O–H groups in total. The lowest BCUT2D eigenvalue weighted by atomic mass is 9.79. The van der Waals surface area contributed by atoms with Gasteiger partial charge in [-0.3, -0.25) is 0 Å². The van der Waals surface area contributed by atoms with Crippen LogP contribution < -0.4 is 5.32 Å². The molecule has 0 aliphatic heterocycles. The van der Waals surface area contributed by atoms with E-state index < -0.39 is 9.84 Å². The van der Waals surface area contributed by atoms with Gasteiger partial charge in [-0.2, -0.15) is 0 Å². The number of rotatable bonds is 6. The normalized spacial score (nSPS) is 22.2. The van der Waals surface area contributed by atoms with Crippen molar-refractivity contribution in [3.63, 3.8) is 0 Å². The summed E-state index contributed by atoms with van der Waals surface area (Å²) in [6.07, 6.45) is 7.12. The molecule has 96 valence electrons. The third-order valence-electron chi connectivity index (χ3n) is 3.81. The standard InChI is InChI=1S/C12H25NO2S/c1-4-13-11(7-10-16(3,14)15)12(2)8-5-6-9-12/h11,13H,4-10H2,1-3H3. The second-order valence-electron chi connectivity index (χ2n) is 5.39. The third-order valence-corrected chi connectivity index (χ3v) is 4.79. The Labute approximate surface area is 99.9 Å². The van der Waals surface area contributed by atoms with Crippen molar-refractivity contribution in [2.75, 3.05) is 18.6 Å². The Hall–Kier alpha value is -0.0900. The Morgan fingerprint density at radius 1 is 1.31 bits per heavy atom. The maximum Gasteiger partial charge on any atom is 0.147 e. The molecule has 0 bridgehead atoms. The van der Waals surface area contributed by atoms with Crippen LogP contribution in [0.4, 0.5) is 0 Å². The van der Waals surface area contributed by atoms with E-state index in [-0.39, 0.29) is 0 Å². The highest BCUT2D eigenvalue weighted by atomic mass is 32.2. The van der Waals surface area contributed by atoms with Gasteiger partial charge in [0, 0.05) is 12.3 Å². The summed E-state index contributed by atoms with van der Waals surface area (Å²) in [5, 5.41) is 3.47. The molecule has 0 spiro atoms. The minimum Gasteiger partial charge on any atom is -0.314 e. The minimum atomic E-state index is -2.83. The van der Waals surface area contributed by atoms with E-state index in [9.17, 15) is 8.42 Å². The van der Waals surface area contributed by atoms with Gasteiger partial charge < -0.3 is 5.32 Å². The molecule has 4 heteroatoms. The summed E-state index contributed by atoms with van der Waals surface area (Å²) in [6, 6.07) is 0.356. The molecule has 0 aromatic heterocycles. The van der Waals surface area contributed by atoms with E-state index >= 15 is 0 Å². The van der Waals surface area contributed by atoms with Crippen LogP contribution in [0.1, 0.15) is 46.0 Å². The lowest BCUT2D eigenvalue weighted by Gasteiger charge is -2.34. The molecule has 0 saturated heterocycles. The molecule has 1 fully saturated rings. The first-order valence-electron chi connectivity index (χ1n) is 6.28. The molecule has 0 aromatic carbocycles. The predicted molar refractivity (Wildman–Crippen MR) is 68.4 cm³/mol. The first-order valence-corrected chi connectivity index (χ1v) is 8.34. The van der Waals surface area contributed by atoms with Crippen molar-refractivity contribution in [2.45, 2.75) is 52.0 Å². The first kappa shape index (κ1) is 14.0. The van der Waals surface area contributed by atoms with Crippen LogP contribution in [0.25, 0.3) is 0 Å². The van der Waals surface area contributed by atoms with Gasteiger partial charge in [0.25, 0.3) is 0 Å². The Morgan fingerprint density at radius 2 is 1.88 bits per heavy atom. The minimum absolute atomic E-state index is 0.306. The van der Waals surface area contributed by atoms with Gasteiger partial charge in [-0.25, -0.2) is 8.42 Å². The smallest absolute Gasteiger partial charge is 0.147 e. The van der Waals surface area contributed by atoms with Crippen LogP contribution in [0.2, 0.25) is 0 Å². The Kier molecular flexibility index (Phi) is 4.80. The van der Waals surface area contributed by atoms with Crippen LogP contribution in [-0.4, -0.2) is 33.0 Å². The van der Waals surface area contributed by atoms with E-state index in [0.717, 1.165) is 13.0 Å². The summed E-state index contributed by atoms with van der Waals surface area (Å²) >= 11 is 0. The van der Waals surface area contributed by atoms with E-state index in [4.69, 9.17) is 0 Å². The van der Waals surface area contributed by atoms with Gasteiger partial charge >= 0.3 is 0 Å². The Balaban J connectivity index is 2.59. The summed E-state index contributed by atoms with van der Waals surface area (Å²) in [5.74, 6) is 0.306. The molecule has 0 aromatic rings. The first-order chi connectivity index (χ1) is 7.37. The van der Waals surface area contributed by atoms with Crippen LogP contribution in [0.15, 0.2) is 0 Å². The molecular weight excluding hydrogens is 222 g/mol. The summed E-state index contributed by atoms with van der Waals surface area (Å²) in [6.45, 7) is 5.31. The highest BCUT2D eigenvalue weighted by Crippen LogP contribution is 2.41. The molecule has 0 radical (unpaired) electrons. The van der Waals surface area contributed by atoms with Crippen LogP contribution >= 0.6 is 0 Å². The van der Waals surface area contributed by atoms with Crippen LogP contribution in [0.5, 0.6) is 0 Å². The van der Waals surface area contributed by atoms with Crippen molar-refractivity contribution < 1.29 is 8.42 Å². The summed E-state index contributed by atoms with van der Waals surface area (Å²) in [7, 11) is -2.83. The van der Waals surface area contributed by atoms with Crippen LogP contribution in [0.3, 0.4) is 0 Å². The van der Waals surface area contributed by atoms with Crippen molar-refractivity contribution in [3.8, 4) is 0 Å². The van der Waals surface area contributed by atoms with Gasteiger partial charge in [0.2, 0.25) is 0 Å². The van der Waals surface area contributed by atoms with Crippen molar-refractivity contribution >= 4 is 9.84 Å². The fourth-order valence-corrected chi connectivity index (χ4v) is 3.47. The zero-order valence-corrected chi connectivity index (χ0v) is 11.6. The lowest BCUT2D eigenvalue weighted by Crippen LogP contribution is -2.43. The van der Waals surface area contributed by atoms with E-state index in [2.05, 4.69) is 19.2 Å². The topological polar surface area (TPSA) is 46.2 Å². The molecule has 1 atom stereocenters. The molecule has 1 aliphatic rings. The summed E-state index contributed by atoms with van der Waals surface area (Å²) < 4.78 is 22.5. The molecule has 16 heavy (non-hydrogen) atoms. The predicted octanol–water partition coefficient (Wildman–Crippen LogP) is 1.98. The van der Waals surface area contributed by atoms with E-state index in [0.29, 0.717) is 17.2 Å². The highest BCUT2D eigenvalue weighted by Gasteiger charge is 2.36. The monoisotopic (exact) mass is 247 g/mol. The molecule has 1 unspecified atom stereocenters. The Bertz CT molecular complexity index is 305. The van der Waals surface area contributed by atoms with Crippen LogP contribution in [-0.2, 0) is 9.84 Å². The average molecular weight is 247 g/mol. The van der Waals surface area contributed by atoms with Crippen molar-refractivity contribution in [1.82, 2.24) is 5.32 Å². The van der Waals surface area contributed by atoms with Gasteiger partial charge in [0.15, 0.2) is 0 Å². The SMILES string of the molecule is CCNC(CCS(C)(=O)=O)C1(C)CCCC1. The van der Waals surface area contributed by atoms with E-state index in [1.165, 1.54) is 31.9 Å². The fraction of sp³-hybridized carbons (Fsp3) is 1.00. The number of sulfone groups is 1. The second-order valence-corrected chi connectivity index (χ2v) is 7.65. The maximum absolute atomic E-state index is 11.2. The summed E-state index contributed by atoms with van der Waals surface area (Å²) in [4.78, 5) is 0. The molecule has 0 heterocycles. The lowest BCUT2D eigenvalue weighted by molar-refractivity contribution is 0.218. The number of hydrogen-bond acceptors (Lipinski definition) is 3. The molecule has 3 nitrogen and oxygen atoms in total. The average Bonchev–Trinajstić information content (AvgIpc) is 2.59. The van der Waals surface area contributed by atoms with Crippen LogP contribution in [0, 0.1) is 5.41 Å². The maximum atomic E-state index is 11.2. The molecule has 1 aliphatic carbocycles. The Morgan fingerprint density at radius 3 is 2.31 bits per heavy atom. The van der Waals surface area contributed by atoms with Gasteiger partial charge in [0.05, 0.1) is 5.75 Å². The largest absolute Gasteiger partial charge is 0.314 e. The van der Waals surface area contributed by atoms with Gasteiger partial charge in [-0.15, -0.1) is 0 Å². The molecule has 0 amide bonds. The second kappa shape index (κ2) is 5.50. The molecule has 1 rings (SSSR count). The zero-order chi connectivity index (χ0) is 12.2. The van der Waals surface area contributed by atoms with Gasteiger partial charge in [-0.1, -0.05) is 26.7 Å². The van der Waals surface area contributed by atoms with Gasteiger partial charge in [0.1, 0.15) is 9.84 Å². The quantitative estimate of drug-likeness (QED) is 0.780. The fourth-order valence-electron chi connectivity index (χ4n) is 2.81.